The minimum Gasteiger partial charge on any atom is -0.322 e. The van der Waals surface area contributed by atoms with E-state index in [0.717, 1.165) is 22.4 Å². The molecule has 0 heterocycles. The smallest absolute Gasteiger partial charge is 0.255 e. The second-order valence-electron chi connectivity index (χ2n) is 5.47. The summed E-state index contributed by atoms with van der Waals surface area (Å²) in [6, 6.07) is 24.9. The second-order valence-corrected chi connectivity index (χ2v) is 5.47. The molecule has 3 aromatic carbocycles. The third-order valence-corrected chi connectivity index (χ3v) is 3.64. The molecule has 1 amide bonds. The molecule has 1 N–H and O–H groups in total. The van der Waals surface area contributed by atoms with Gasteiger partial charge in [-0.3, -0.25) is 4.79 Å². The Hall–Kier alpha value is -3.31. The van der Waals surface area contributed by atoms with Gasteiger partial charge in [-0.05, 0) is 48.9 Å². The number of carbonyl (C=O) groups is 1. The molecule has 24 heavy (non-hydrogen) atoms. The van der Waals surface area contributed by atoms with Crippen LogP contribution in [0.5, 0.6) is 0 Å². The summed E-state index contributed by atoms with van der Waals surface area (Å²) in [5.74, 6) is 6.13. The van der Waals surface area contributed by atoms with Crippen LogP contribution >= 0.6 is 0 Å². The van der Waals surface area contributed by atoms with Gasteiger partial charge in [-0.2, -0.15) is 0 Å². The maximum Gasteiger partial charge on any atom is 0.255 e. The first-order valence-electron chi connectivity index (χ1n) is 7.76. The van der Waals surface area contributed by atoms with Crippen molar-refractivity contribution in [3.63, 3.8) is 0 Å². The highest BCUT2D eigenvalue weighted by molar-refractivity contribution is 6.05. The molecule has 0 aliphatic carbocycles. The predicted molar refractivity (Wildman–Crippen MR) is 98.0 cm³/mol. The number of carbonyl (C=O) groups excluding carboxylic acids is 1. The lowest BCUT2D eigenvalue weighted by molar-refractivity contribution is 0.102. The quantitative estimate of drug-likeness (QED) is 0.686. The highest BCUT2D eigenvalue weighted by Gasteiger charge is 2.08. The van der Waals surface area contributed by atoms with E-state index in [4.69, 9.17) is 0 Å². The molecule has 0 aromatic heterocycles. The second kappa shape index (κ2) is 7.30. The molecule has 116 valence electrons. The zero-order valence-corrected chi connectivity index (χ0v) is 13.4. The van der Waals surface area contributed by atoms with E-state index in [2.05, 4.69) is 17.2 Å². The number of hydrogen-bond acceptors (Lipinski definition) is 1. The molecule has 0 fully saturated rings. The maximum atomic E-state index is 12.4. The van der Waals surface area contributed by atoms with Crippen molar-refractivity contribution in [2.24, 2.45) is 0 Å². The molecule has 2 heteroatoms. The molecule has 0 spiro atoms. The van der Waals surface area contributed by atoms with Crippen LogP contribution < -0.4 is 5.32 Å². The zero-order valence-electron chi connectivity index (χ0n) is 13.4. The van der Waals surface area contributed by atoms with Crippen LogP contribution in [-0.2, 0) is 0 Å². The van der Waals surface area contributed by atoms with Gasteiger partial charge in [0.1, 0.15) is 0 Å². The maximum absolute atomic E-state index is 12.4. The normalized spacial score (nSPS) is 9.71. The van der Waals surface area contributed by atoms with Crippen molar-refractivity contribution < 1.29 is 4.79 Å². The van der Waals surface area contributed by atoms with Crippen molar-refractivity contribution in [1.29, 1.82) is 0 Å². The Bertz CT molecular complexity index is 917. The Balaban J connectivity index is 1.78. The molecule has 0 unspecified atom stereocenters. The molecule has 0 atom stereocenters. The molecule has 0 bridgehead atoms. The lowest BCUT2D eigenvalue weighted by atomic mass is 10.1. The van der Waals surface area contributed by atoms with Crippen molar-refractivity contribution in [3.8, 4) is 11.8 Å². The Morgan fingerprint density at radius 2 is 1.46 bits per heavy atom. The summed E-state index contributed by atoms with van der Waals surface area (Å²) in [7, 11) is 0. The highest BCUT2D eigenvalue weighted by atomic mass is 16.1. The number of rotatable bonds is 2. The van der Waals surface area contributed by atoms with Gasteiger partial charge in [0.2, 0.25) is 0 Å². The first kappa shape index (κ1) is 15.6. The summed E-state index contributed by atoms with van der Waals surface area (Å²) in [4.78, 5) is 12.4. The van der Waals surface area contributed by atoms with E-state index in [-0.39, 0.29) is 5.91 Å². The van der Waals surface area contributed by atoms with Crippen LogP contribution in [0.2, 0.25) is 0 Å². The number of benzene rings is 3. The predicted octanol–water partition coefficient (Wildman–Crippen LogP) is 4.65. The van der Waals surface area contributed by atoms with Gasteiger partial charge in [-0.15, -0.1) is 0 Å². The minimum atomic E-state index is -0.110. The van der Waals surface area contributed by atoms with Gasteiger partial charge < -0.3 is 5.32 Å². The van der Waals surface area contributed by atoms with Gasteiger partial charge in [0.25, 0.3) is 5.91 Å². The summed E-state index contributed by atoms with van der Waals surface area (Å²) in [6.07, 6.45) is 0. The van der Waals surface area contributed by atoms with Crippen LogP contribution in [0, 0.1) is 18.8 Å². The van der Waals surface area contributed by atoms with Gasteiger partial charge >= 0.3 is 0 Å². The van der Waals surface area contributed by atoms with Crippen LogP contribution in [0.25, 0.3) is 0 Å². The first-order chi connectivity index (χ1) is 11.7. The van der Waals surface area contributed by atoms with Crippen molar-refractivity contribution in [1.82, 2.24) is 0 Å². The summed E-state index contributed by atoms with van der Waals surface area (Å²) in [5, 5.41) is 2.93. The Kier molecular flexibility index (Phi) is 4.74. The van der Waals surface area contributed by atoms with E-state index in [1.54, 1.807) is 0 Å². The zero-order chi connectivity index (χ0) is 16.8. The largest absolute Gasteiger partial charge is 0.322 e. The molecule has 0 aliphatic heterocycles. The van der Waals surface area contributed by atoms with E-state index < -0.39 is 0 Å². The SMILES string of the molecule is Cc1ccccc1C(=O)Nc1cccc(C#Cc2ccccc2)c1. The summed E-state index contributed by atoms with van der Waals surface area (Å²) >= 11 is 0. The van der Waals surface area contributed by atoms with E-state index >= 15 is 0 Å². The Labute approximate surface area is 142 Å². The van der Waals surface area contributed by atoms with Crippen molar-refractivity contribution in [2.45, 2.75) is 6.92 Å². The van der Waals surface area contributed by atoms with Gasteiger partial charge in [-0.25, -0.2) is 0 Å². The highest BCUT2D eigenvalue weighted by Crippen LogP contribution is 2.14. The standard InChI is InChI=1S/C22H17NO/c1-17-8-5-6-13-21(17)22(24)23-20-12-7-11-19(16-20)15-14-18-9-3-2-4-10-18/h2-13,16H,1H3,(H,23,24). The van der Waals surface area contributed by atoms with E-state index in [1.165, 1.54) is 0 Å². The van der Waals surface area contributed by atoms with E-state index in [1.807, 2.05) is 85.8 Å². The molecule has 3 rings (SSSR count). The average molecular weight is 311 g/mol. The summed E-state index contributed by atoms with van der Waals surface area (Å²) < 4.78 is 0. The van der Waals surface area contributed by atoms with Crippen molar-refractivity contribution >= 4 is 11.6 Å². The van der Waals surface area contributed by atoms with Gasteiger partial charge in [-0.1, -0.05) is 54.3 Å². The Morgan fingerprint density at radius 1 is 0.792 bits per heavy atom. The molecular weight excluding hydrogens is 294 g/mol. The third-order valence-electron chi connectivity index (χ3n) is 3.64. The van der Waals surface area contributed by atoms with E-state index in [9.17, 15) is 4.79 Å². The fourth-order valence-corrected chi connectivity index (χ4v) is 2.37. The fourth-order valence-electron chi connectivity index (χ4n) is 2.37. The van der Waals surface area contributed by atoms with Crippen LogP contribution in [0.4, 0.5) is 5.69 Å². The molecule has 2 nitrogen and oxygen atoms in total. The van der Waals surface area contributed by atoms with E-state index in [0.29, 0.717) is 5.56 Å². The monoisotopic (exact) mass is 311 g/mol. The van der Waals surface area contributed by atoms with Crippen LogP contribution in [0.15, 0.2) is 78.9 Å². The molecule has 0 aliphatic rings. The van der Waals surface area contributed by atoms with Crippen molar-refractivity contribution in [2.75, 3.05) is 5.32 Å². The topological polar surface area (TPSA) is 29.1 Å². The average Bonchev–Trinajstić information content (AvgIpc) is 2.61. The minimum absolute atomic E-state index is 0.110. The van der Waals surface area contributed by atoms with Crippen molar-refractivity contribution in [3.05, 3.63) is 101 Å². The number of amides is 1. The van der Waals surface area contributed by atoms with Gasteiger partial charge in [0.15, 0.2) is 0 Å². The molecule has 0 saturated heterocycles. The number of hydrogen-bond donors (Lipinski definition) is 1. The molecule has 3 aromatic rings. The number of anilines is 1. The molecule has 0 radical (unpaired) electrons. The fraction of sp³-hybridized carbons (Fsp3) is 0.0455. The Morgan fingerprint density at radius 3 is 2.25 bits per heavy atom. The summed E-state index contributed by atoms with van der Waals surface area (Å²) in [5.41, 5.74) is 4.20. The third kappa shape index (κ3) is 3.91. The van der Waals surface area contributed by atoms with Gasteiger partial charge in [0, 0.05) is 22.4 Å². The number of nitrogens with one attached hydrogen (secondary N) is 1. The summed E-state index contributed by atoms with van der Waals surface area (Å²) in [6.45, 7) is 1.93. The lowest BCUT2D eigenvalue weighted by Crippen LogP contribution is -2.13. The number of aryl methyl sites for hydroxylation is 1. The van der Waals surface area contributed by atoms with Gasteiger partial charge in [0.05, 0.1) is 0 Å². The first-order valence-corrected chi connectivity index (χ1v) is 7.76. The van der Waals surface area contributed by atoms with Crippen LogP contribution in [0.3, 0.4) is 0 Å². The molecular formula is C22H17NO. The molecule has 0 saturated carbocycles. The van der Waals surface area contributed by atoms with Crippen LogP contribution in [-0.4, -0.2) is 5.91 Å². The van der Waals surface area contributed by atoms with Crippen LogP contribution in [0.1, 0.15) is 27.0 Å². The lowest BCUT2D eigenvalue weighted by Gasteiger charge is -2.07.